The normalized spacial score (nSPS) is 13.8. The molecule has 0 aliphatic heterocycles. The molecule has 3 atom stereocenters. The van der Waals surface area contributed by atoms with Crippen molar-refractivity contribution in [1.29, 1.82) is 0 Å². The van der Waals surface area contributed by atoms with E-state index in [1.54, 1.807) is 6.08 Å². The van der Waals surface area contributed by atoms with Crippen molar-refractivity contribution in [3.8, 4) is 0 Å². The molecule has 0 bridgehead atoms. The zero-order chi connectivity index (χ0) is 52.0. The van der Waals surface area contributed by atoms with E-state index in [1.165, 1.54) is 276 Å². The van der Waals surface area contributed by atoms with Gasteiger partial charge in [-0.1, -0.05) is 315 Å². The minimum Gasteiger partial charge on any atom is -0.387 e. The van der Waals surface area contributed by atoms with Crippen LogP contribution in [0.3, 0.4) is 0 Å². The highest BCUT2D eigenvalue weighted by Crippen LogP contribution is 2.43. The molecule has 0 aromatic carbocycles. The third-order valence-corrected chi connectivity index (χ3v) is 15.7. The first-order valence-electron chi connectivity index (χ1n) is 31.6. The maximum Gasteiger partial charge on any atom is 0.472 e. The molecule has 0 rings (SSSR count). The Morgan fingerprint density at radius 1 is 0.465 bits per heavy atom. The lowest BCUT2D eigenvalue weighted by Crippen LogP contribution is -2.45. The molecule has 71 heavy (non-hydrogen) atoms. The molecule has 0 aromatic heterocycles. The fraction of sp³-hybridized carbons (Fsp3) is 0.952. The number of carbonyl (C=O) groups excluding carboxylic acids is 1. The zero-order valence-corrected chi connectivity index (χ0v) is 49.4. The molecule has 0 heterocycles. The van der Waals surface area contributed by atoms with Crippen molar-refractivity contribution in [2.75, 3.05) is 40.9 Å². The van der Waals surface area contributed by atoms with Gasteiger partial charge in [-0.25, -0.2) is 4.57 Å². The van der Waals surface area contributed by atoms with Gasteiger partial charge in [0.05, 0.1) is 39.9 Å². The van der Waals surface area contributed by atoms with Crippen molar-refractivity contribution in [3.63, 3.8) is 0 Å². The summed E-state index contributed by atoms with van der Waals surface area (Å²) in [4.78, 5) is 23.3. The number of aliphatic hydroxyl groups excluding tert-OH is 1. The predicted octanol–water partition coefficient (Wildman–Crippen LogP) is 19.4. The van der Waals surface area contributed by atoms with Gasteiger partial charge in [-0.05, 0) is 19.3 Å². The Balaban J connectivity index is 3.94. The lowest BCUT2D eigenvalue weighted by atomic mass is 10.0. The van der Waals surface area contributed by atoms with Crippen LogP contribution in [-0.4, -0.2) is 73.4 Å². The van der Waals surface area contributed by atoms with E-state index in [4.69, 9.17) is 9.05 Å². The summed E-state index contributed by atoms with van der Waals surface area (Å²) in [6, 6.07) is -0.842. The van der Waals surface area contributed by atoms with E-state index < -0.39 is 20.0 Å². The summed E-state index contributed by atoms with van der Waals surface area (Å²) in [6.07, 6.45) is 67.7. The number of nitrogens with zero attached hydrogens (tertiary/aromatic N) is 1. The Morgan fingerprint density at radius 3 is 1.04 bits per heavy atom. The van der Waals surface area contributed by atoms with Crippen molar-refractivity contribution >= 4 is 13.7 Å². The van der Waals surface area contributed by atoms with Crippen molar-refractivity contribution in [1.82, 2.24) is 5.32 Å². The number of carbonyl (C=O) groups is 1. The summed E-state index contributed by atoms with van der Waals surface area (Å²) in [5.74, 6) is -0.169. The van der Waals surface area contributed by atoms with E-state index in [9.17, 15) is 19.4 Å². The molecule has 0 aliphatic carbocycles. The number of rotatable bonds is 59. The maximum atomic E-state index is 13.0. The monoisotopic (exact) mass is 1030 g/mol. The Labute approximate surface area is 443 Å². The van der Waals surface area contributed by atoms with Crippen LogP contribution in [0.15, 0.2) is 12.2 Å². The fourth-order valence-corrected chi connectivity index (χ4v) is 10.5. The molecule has 8 nitrogen and oxygen atoms in total. The summed E-state index contributed by atoms with van der Waals surface area (Å²) in [6.45, 7) is 4.86. The van der Waals surface area contributed by atoms with Gasteiger partial charge in [-0.15, -0.1) is 0 Å². The number of amides is 1. The maximum absolute atomic E-state index is 13.0. The molecule has 1 amide bonds. The Hall–Kier alpha value is -0.760. The van der Waals surface area contributed by atoms with E-state index in [2.05, 4.69) is 19.2 Å². The summed E-state index contributed by atoms with van der Waals surface area (Å²) >= 11 is 0. The first-order chi connectivity index (χ1) is 34.5. The fourth-order valence-electron chi connectivity index (χ4n) is 9.81. The van der Waals surface area contributed by atoms with Gasteiger partial charge in [0.15, 0.2) is 0 Å². The van der Waals surface area contributed by atoms with Crippen LogP contribution in [0.4, 0.5) is 0 Å². The summed E-state index contributed by atoms with van der Waals surface area (Å²) in [5.41, 5.74) is 0. The number of nitrogens with one attached hydrogen (secondary N) is 1. The largest absolute Gasteiger partial charge is 0.472 e. The van der Waals surface area contributed by atoms with Crippen LogP contribution in [-0.2, 0) is 18.4 Å². The van der Waals surface area contributed by atoms with E-state index >= 15 is 0 Å². The van der Waals surface area contributed by atoms with Gasteiger partial charge in [0.25, 0.3) is 0 Å². The van der Waals surface area contributed by atoms with Gasteiger partial charge in [0.2, 0.25) is 5.91 Å². The molecular formula is C62H126N2O6P+. The number of phosphoric acid groups is 1. The van der Waals surface area contributed by atoms with E-state index in [0.29, 0.717) is 17.4 Å². The van der Waals surface area contributed by atoms with Crippen LogP contribution in [0.5, 0.6) is 0 Å². The predicted molar refractivity (Wildman–Crippen MR) is 309 cm³/mol. The molecule has 3 unspecified atom stereocenters. The summed E-state index contributed by atoms with van der Waals surface area (Å²) < 4.78 is 23.7. The van der Waals surface area contributed by atoms with Crippen molar-refractivity contribution < 1.29 is 32.9 Å². The second kappa shape index (κ2) is 54.0. The number of unbranched alkanes of at least 4 members (excludes halogenated alkanes) is 46. The van der Waals surface area contributed by atoms with Gasteiger partial charge >= 0.3 is 7.82 Å². The minimum atomic E-state index is -4.34. The standard InChI is InChI=1S/C62H125N2O6P/c1-6-8-10-12-14-16-18-20-22-23-24-25-26-27-28-29-30-31-32-33-34-35-36-37-38-39-40-42-44-46-48-50-52-54-56-62(66)63-60(59-70-71(67,68)69-58-57-64(3,4)5)61(65)55-53-51-49-47-45-43-41-21-19-17-15-13-11-9-7-2/h53,55,60-61,65H,6-52,54,56-59H2,1-5H3,(H-,63,66,67,68)/p+1/b55-53+. The topological polar surface area (TPSA) is 105 Å². The quantitative estimate of drug-likeness (QED) is 0.0243. The highest BCUT2D eigenvalue weighted by Gasteiger charge is 2.28. The molecule has 424 valence electrons. The third kappa shape index (κ3) is 56.8. The Kier molecular flexibility index (Phi) is 53.5. The Bertz CT molecular complexity index is 1160. The second-order valence-electron chi connectivity index (χ2n) is 23.2. The van der Waals surface area contributed by atoms with E-state index in [1.807, 2.05) is 27.2 Å². The van der Waals surface area contributed by atoms with Gasteiger partial charge in [-0.3, -0.25) is 13.8 Å². The SMILES string of the molecule is CCCCCCCCCCCCCCC/C=C/C(O)C(COP(=O)(O)OCC[N+](C)(C)C)NC(=O)CCCCCCCCCCCCCCCCCCCCCCCCCCCCCCCCCCCC. The molecular weight excluding hydrogens is 900 g/mol. The van der Waals surface area contributed by atoms with Crippen LogP contribution in [0.1, 0.15) is 328 Å². The smallest absolute Gasteiger partial charge is 0.387 e. The van der Waals surface area contributed by atoms with Crippen molar-refractivity contribution in [3.05, 3.63) is 12.2 Å². The number of quaternary nitrogens is 1. The molecule has 0 aromatic rings. The average Bonchev–Trinajstić information content (AvgIpc) is 3.33. The lowest BCUT2D eigenvalue weighted by molar-refractivity contribution is -0.870. The number of likely N-dealkylation sites (N-methyl/N-ethyl adjacent to an activating group) is 1. The number of allylic oxidation sites excluding steroid dienone is 1. The van der Waals surface area contributed by atoms with Crippen molar-refractivity contribution in [2.24, 2.45) is 0 Å². The Morgan fingerprint density at radius 2 is 0.746 bits per heavy atom. The van der Waals surface area contributed by atoms with Crippen LogP contribution in [0, 0.1) is 0 Å². The highest BCUT2D eigenvalue weighted by molar-refractivity contribution is 7.47. The van der Waals surface area contributed by atoms with Gasteiger partial charge in [0, 0.05) is 6.42 Å². The molecule has 3 N–H and O–H groups in total. The molecule has 0 radical (unpaired) electrons. The van der Waals surface area contributed by atoms with E-state index in [-0.39, 0.29) is 19.1 Å². The first-order valence-corrected chi connectivity index (χ1v) is 33.1. The zero-order valence-electron chi connectivity index (χ0n) is 48.5. The number of aliphatic hydroxyl groups is 1. The highest BCUT2D eigenvalue weighted by atomic mass is 31.2. The number of phosphoric ester groups is 1. The van der Waals surface area contributed by atoms with Crippen LogP contribution in [0.25, 0.3) is 0 Å². The lowest BCUT2D eigenvalue weighted by Gasteiger charge is -2.25. The molecule has 0 saturated carbocycles. The number of hydrogen-bond acceptors (Lipinski definition) is 5. The molecule has 0 spiro atoms. The van der Waals surface area contributed by atoms with Crippen molar-refractivity contribution in [2.45, 2.75) is 341 Å². The average molecular weight is 1030 g/mol. The van der Waals surface area contributed by atoms with Gasteiger partial charge in [0.1, 0.15) is 13.2 Å². The molecule has 0 saturated heterocycles. The molecule has 0 aliphatic rings. The molecule has 9 heteroatoms. The molecule has 0 fully saturated rings. The van der Waals surface area contributed by atoms with Gasteiger partial charge in [-0.2, -0.15) is 0 Å². The summed E-state index contributed by atoms with van der Waals surface area (Å²) in [7, 11) is 1.59. The summed E-state index contributed by atoms with van der Waals surface area (Å²) in [5, 5.41) is 13.9. The van der Waals surface area contributed by atoms with E-state index in [0.717, 1.165) is 32.1 Å². The van der Waals surface area contributed by atoms with Gasteiger partial charge < -0.3 is 19.8 Å². The minimum absolute atomic E-state index is 0.0651. The van der Waals surface area contributed by atoms with Crippen LogP contribution < -0.4 is 5.32 Å². The van der Waals surface area contributed by atoms with Crippen LogP contribution in [0.2, 0.25) is 0 Å². The third-order valence-electron chi connectivity index (χ3n) is 14.8. The first kappa shape index (κ1) is 70.2. The number of hydrogen-bond donors (Lipinski definition) is 3. The second-order valence-corrected chi connectivity index (χ2v) is 24.6. The van der Waals surface area contributed by atoms with Crippen LogP contribution >= 0.6 is 7.82 Å².